The lowest BCUT2D eigenvalue weighted by Gasteiger charge is -2.22. The molecule has 0 spiro atoms. The van der Waals surface area contributed by atoms with E-state index in [0.29, 0.717) is 12.5 Å². The number of nitrogens with zero attached hydrogens (tertiary/aromatic N) is 1. The zero-order valence-corrected chi connectivity index (χ0v) is 13.9. The van der Waals surface area contributed by atoms with Crippen LogP contribution in [0.3, 0.4) is 0 Å². The molecular weight excluding hydrogens is 262 g/mol. The normalized spacial score (nSPS) is 12.1. The van der Waals surface area contributed by atoms with E-state index in [-0.39, 0.29) is 11.9 Å². The first-order valence-corrected chi connectivity index (χ1v) is 7.87. The quantitative estimate of drug-likeness (QED) is 0.773. The number of carbonyl (C=O) groups excluding carboxylic acids is 1. The summed E-state index contributed by atoms with van der Waals surface area (Å²) in [4.78, 5) is 14.2. The van der Waals surface area contributed by atoms with Crippen molar-refractivity contribution in [3.05, 3.63) is 24.3 Å². The van der Waals surface area contributed by atoms with Crippen molar-refractivity contribution in [2.45, 2.75) is 40.7 Å². The fraction of sp³-hybridized carbons (Fsp3) is 0.588. The Labute approximate surface area is 128 Å². The van der Waals surface area contributed by atoms with Gasteiger partial charge < -0.3 is 15.5 Å². The van der Waals surface area contributed by atoms with Crippen molar-refractivity contribution in [1.82, 2.24) is 5.32 Å². The van der Waals surface area contributed by atoms with Gasteiger partial charge in [-0.25, -0.2) is 0 Å². The van der Waals surface area contributed by atoms with Gasteiger partial charge in [0.2, 0.25) is 5.91 Å². The molecule has 0 saturated heterocycles. The van der Waals surface area contributed by atoms with Crippen LogP contribution in [0.5, 0.6) is 0 Å². The molecule has 4 heteroatoms. The second-order valence-electron chi connectivity index (χ2n) is 5.72. The van der Waals surface area contributed by atoms with Crippen molar-refractivity contribution in [1.29, 1.82) is 0 Å². The largest absolute Gasteiger partial charge is 0.374 e. The summed E-state index contributed by atoms with van der Waals surface area (Å²) in [5.74, 6) is 0.506. The van der Waals surface area contributed by atoms with E-state index >= 15 is 0 Å². The fourth-order valence-electron chi connectivity index (χ4n) is 2.13. The van der Waals surface area contributed by atoms with E-state index in [1.165, 1.54) is 5.69 Å². The van der Waals surface area contributed by atoms with Gasteiger partial charge in [0.25, 0.3) is 0 Å². The standard InChI is InChI=1S/C17H29N3O/c1-6-20(7-2)16-10-8-15(9-11-16)19-14(5)17(21)18-12-13(3)4/h8-11,13-14,19H,6-7,12H2,1-5H3,(H,18,21). The lowest BCUT2D eigenvalue weighted by molar-refractivity contribution is -0.121. The van der Waals surface area contributed by atoms with Crippen molar-refractivity contribution >= 4 is 17.3 Å². The highest BCUT2D eigenvalue weighted by Gasteiger charge is 2.12. The highest BCUT2D eigenvalue weighted by atomic mass is 16.2. The summed E-state index contributed by atoms with van der Waals surface area (Å²) < 4.78 is 0. The second kappa shape index (κ2) is 8.55. The van der Waals surface area contributed by atoms with E-state index < -0.39 is 0 Å². The molecule has 1 rings (SSSR count). The molecule has 0 aliphatic rings. The SMILES string of the molecule is CCN(CC)c1ccc(NC(C)C(=O)NCC(C)C)cc1. The van der Waals surface area contributed by atoms with Gasteiger partial charge >= 0.3 is 0 Å². The Morgan fingerprint density at radius 1 is 1.10 bits per heavy atom. The second-order valence-corrected chi connectivity index (χ2v) is 5.72. The summed E-state index contributed by atoms with van der Waals surface area (Å²) in [6.07, 6.45) is 0. The van der Waals surface area contributed by atoms with Crippen LogP contribution in [0.2, 0.25) is 0 Å². The van der Waals surface area contributed by atoms with Gasteiger partial charge in [0.05, 0.1) is 0 Å². The molecule has 21 heavy (non-hydrogen) atoms. The Kier molecular flexibility index (Phi) is 7.06. The topological polar surface area (TPSA) is 44.4 Å². The molecule has 1 amide bonds. The average molecular weight is 291 g/mol. The third kappa shape index (κ3) is 5.66. The summed E-state index contributed by atoms with van der Waals surface area (Å²) >= 11 is 0. The van der Waals surface area contributed by atoms with Crippen LogP contribution in [-0.2, 0) is 4.79 Å². The minimum Gasteiger partial charge on any atom is -0.374 e. The van der Waals surface area contributed by atoms with Crippen LogP contribution in [0.1, 0.15) is 34.6 Å². The summed E-state index contributed by atoms with van der Waals surface area (Å²) in [7, 11) is 0. The summed E-state index contributed by atoms with van der Waals surface area (Å²) in [5.41, 5.74) is 2.18. The highest BCUT2D eigenvalue weighted by molar-refractivity contribution is 5.84. The molecule has 1 atom stereocenters. The molecule has 0 aromatic heterocycles. The predicted octanol–water partition coefficient (Wildman–Crippen LogP) is 3.11. The van der Waals surface area contributed by atoms with Gasteiger partial charge in [-0.3, -0.25) is 4.79 Å². The van der Waals surface area contributed by atoms with Gasteiger partial charge in [-0.15, -0.1) is 0 Å². The summed E-state index contributed by atoms with van der Waals surface area (Å²) in [5, 5.41) is 6.18. The first-order valence-electron chi connectivity index (χ1n) is 7.87. The molecule has 1 aromatic carbocycles. The number of amides is 1. The van der Waals surface area contributed by atoms with E-state index in [1.54, 1.807) is 0 Å². The van der Waals surface area contributed by atoms with Gasteiger partial charge in [-0.05, 0) is 51.0 Å². The Morgan fingerprint density at radius 3 is 2.14 bits per heavy atom. The van der Waals surface area contributed by atoms with Crippen molar-refractivity contribution in [2.24, 2.45) is 5.92 Å². The van der Waals surface area contributed by atoms with E-state index in [9.17, 15) is 4.79 Å². The summed E-state index contributed by atoms with van der Waals surface area (Å²) in [6, 6.07) is 8.00. The lowest BCUT2D eigenvalue weighted by Crippen LogP contribution is -2.39. The summed E-state index contributed by atoms with van der Waals surface area (Å²) in [6.45, 7) is 13.1. The van der Waals surface area contributed by atoms with Gasteiger partial charge in [0.15, 0.2) is 0 Å². The van der Waals surface area contributed by atoms with Crippen LogP contribution >= 0.6 is 0 Å². The molecule has 1 aromatic rings. The molecule has 0 bridgehead atoms. The van der Waals surface area contributed by atoms with Crippen molar-refractivity contribution in [3.63, 3.8) is 0 Å². The molecule has 1 unspecified atom stereocenters. The molecular formula is C17H29N3O. The molecule has 0 aliphatic heterocycles. The monoisotopic (exact) mass is 291 g/mol. The first-order chi connectivity index (χ1) is 9.97. The number of hydrogen-bond donors (Lipinski definition) is 2. The number of carbonyl (C=O) groups is 1. The van der Waals surface area contributed by atoms with E-state index in [0.717, 1.165) is 18.8 Å². The van der Waals surface area contributed by atoms with Gasteiger partial charge in [0, 0.05) is 31.0 Å². The molecule has 0 aliphatic carbocycles. The van der Waals surface area contributed by atoms with Crippen molar-refractivity contribution in [2.75, 3.05) is 29.9 Å². The van der Waals surface area contributed by atoms with Crippen molar-refractivity contribution in [3.8, 4) is 0 Å². The zero-order valence-electron chi connectivity index (χ0n) is 13.9. The number of benzene rings is 1. The number of nitrogens with one attached hydrogen (secondary N) is 2. The molecule has 0 heterocycles. The maximum Gasteiger partial charge on any atom is 0.242 e. The maximum atomic E-state index is 11.9. The zero-order chi connectivity index (χ0) is 15.8. The highest BCUT2D eigenvalue weighted by Crippen LogP contribution is 2.18. The molecule has 2 N–H and O–H groups in total. The first kappa shape index (κ1) is 17.3. The van der Waals surface area contributed by atoms with Crippen LogP contribution in [-0.4, -0.2) is 31.6 Å². The Hall–Kier alpha value is -1.71. The Balaban J connectivity index is 2.56. The number of anilines is 2. The lowest BCUT2D eigenvalue weighted by atomic mass is 10.2. The van der Waals surface area contributed by atoms with Crippen LogP contribution < -0.4 is 15.5 Å². The molecule has 0 radical (unpaired) electrons. The minimum absolute atomic E-state index is 0.0384. The molecule has 0 fully saturated rings. The Bertz CT molecular complexity index is 424. The van der Waals surface area contributed by atoms with Gasteiger partial charge in [-0.1, -0.05) is 13.8 Å². The van der Waals surface area contributed by atoms with Crippen LogP contribution in [0, 0.1) is 5.92 Å². The van der Waals surface area contributed by atoms with Crippen LogP contribution in [0.4, 0.5) is 11.4 Å². The van der Waals surface area contributed by atoms with Gasteiger partial charge in [0.1, 0.15) is 6.04 Å². The molecule has 118 valence electrons. The van der Waals surface area contributed by atoms with E-state index in [4.69, 9.17) is 0 Å². The van der Waals surface area contributed by atoms with E-state index in [1.807, 2.05) is 19.1 Å². The third-order valence-corrected chi connectivity index (χ3v) is 3.46. The van der Waals surface area contributed by atoms with E-state index in [2.05, 4.69) is 55.4 Å². The van der Waals surface area contributed by atoms with Crippen LogP contribution in [0.15, 0.2) is 24.3 Å². The number of hydrogen-bond acceptors (Lipinski definition) is 3. The fourth-order valence-corrected chi connectivity index (χ4v) is 2.13. The molecule has 4 nitrogen and oxygen atoms in total. The maximum absolute atomic E-state index is 11.9. The van der Waals surface area contributed by atoms with Crippen LogP contribution in [0.25, 0.3) is 0 Å². The van der Waals surface area contributed by atoms with Crippen molar-refractivity contribution < 1.29 is 4.79 Å². The third-order valence-electron chi connectivity index (χ3n) is 3.46. The molecule has 0 saturated carbocycles. The van der Waals surface area contributed by atoms with Gasteiger partial charge in [-0.2, -0.15) is 0 Å². The predicted molar refractivity (Wildman–Crippen MR) is 90.9 cm³/mol. The Morgan fingerprint density at radius 2 is 1.67 bits per heavy atom. The number of rotatable bonds is 8. The minimum atomic E-state index is -0.233. The smallest absolute Gasteiger partial charge is 0.242 e. The average Bonchev–Trinajstić information content (AvgIpc) is 2.47.